The molecule has 2 aromatic carbocycles. The number of hydrogen-bond acceptors (Lipinski definition) is 3. The Balaban J connectivity index is 1.95. The lowest BCUT2D eigenvalue weighted by molar-refractivity contribution is 0.173. The second kappa shape index (κ2) is 5.94. The first kappa shape index (κ1) is 13.6. The van der Waals surface area contributed by atoms with E-state index in [1.54, 1.807) is 13.3 Å². The van der Waals surface area contributed by atoms with Crippen molar-refractivity contribution in [1.82, 2.24) is 4.98 Å². The summed E-state index contributed by atoms with van der Waals surface area (Å²) < 4.78 is 5.22. The molecule has 1 atom stereocenters. The Morgan fingerprint density at radius 1 is 1.05 bits per heavy atom. The highest BCUT2D eigenvalue weighted by atomic mass is 16.5. The lowest BCUT2D eigenvalue weighted by Gasteiger charge is -2.15. The van der Waals surface area contributed by atoms with Crippen LogP contribution in [0, 0.1) is 0 Å². The molecule has 3 aromatic rings. The molecule has 0 amide bonds. The van der Waals surface area contributed by atoms with E-state index in [2.05, 4.69) is 23.2 Å². The predicted molar refractivity (Wildman–Crippen MR) is 83.4 cm³/mol. The fourth-order valence-corrected chi connectivity index (χ4v) is 2.62. The van der Waals surface area contributed by atoms with Crippen LogP contribution in [0.3, 0.4) is 0 Å². The van der Waals surface area contributed by atoms with Crippen LogP contribution in [0.25, 0.3) is 10.8 Å². The highest BCUT2D eigenvalue weighted by molar-refractivity contribution is 5.85. The van der Waals surface area contributed by atoms with Gasteiger partial charge < -0.3 is 9.84 Å². The molecule has 106 valence electrons. The molecule has 21 heavy (non-hydrogen) atoms. The molecule has 0 saturated heterocycles. The van der Waals surface area contributed by atoms with Gasteiger partial charge in [-0.3, -0.25) is 0 Å². The zero-order valence-electron chi connectivity index (χ0n) is 11.9. The predicted octanol–water partition coefficient (Wildman–Crippen LogP) is 3.52. The quantitative estimate of drug-likeness (QED) is 0.794. The monoisotopic (exact) mass is 279 g/mol. The van der Waals surface area contributed by atoms with Gasteiger partial charge in [0.05, 0.1) is 13.2 Å². The molecule has 0 aliphatic rings. The van der Waals surface area contributed by atoms with Crippen molar-refractivity contribution in [3.63, 3.8) is 0 Å². The van der Waals surface area contributed by atoms with Gasteiger partial charge in [0.25, 0.3) is 0 Å². The number of nitrogens with zero attached hydrogens (tertiary/aromatic N) is 1. The van der Waals surface area contributed by atoms with Crippen LogP contribution < -0.4 is 4.74 Å². The van der Waals surface area contributed by atoms with Gasteiger partial charge in [-0.25, -0.2) is 4.98 Å². The second-order valence-electron chi connectivity index (χ2n) is 4.96. The Morgan fingerprint density at radius 3 is 2.71 bits per heavy atom. The first-order valence-corrected chi connectivity index (χ1v) is 6.93. The number of aliphatic hydroxyl groups excluding tert-OH is 1. The van der Waals surface area contributed by atoms with Crippen LogP contribution in [0.5, 0.6) is 5.88 Å². The third-order valence-electron chi connectivity index (χ3n) is 3.65. The van der Waals surface area contributed by atoms with E-state index in [1.807, 2.05) is 36.4 Å². The fraction of sp³-hybridized carbons (Fsp3) is 0.167. The van der Waals surface area contributed by atoms with Crippen LogP contribution in [-0.2, 0) is 6.42 Å². The number of rotatable bonds is 4. The Labute approximate surface area is 123 Å². The van der Waals surface area contributed by atoms with Gasteiger partial charge in [-0.15, -0.1) is 0 Å². The van der Waals surface area contributed by atoms with E-state index < -0.39 is 6.10 Å². The number of pyridine rings is 1. The summed E-state index contributed by atoms with van der Waals surface area (Å²) >= 11 is 0. The zero-order chi connectivity index (χ0) is 14.7. The van der Waals surface area contributed by atoms with Gasteiger partial charge >= 0.3 is 0 Å². The van der Waals surface area contributed by atoms with E-state index in [4.69, 9.17) is 4.74 Å². The van der Waals surface area contributed by atoms with Gasteiger partial charge in [0.15, 0.2) is 0 Å². The van der Waals surface area contributed by atoms with Crippen molar-refractivity contribution in [1.29, 1.82) is 0 Å². The Bertz CT molecular complexity index is 750. The summed E-state index contributed by atoms with van der Waals surface area (Å²) in [4.78, 5) is 4.14. The number of aromatic nitrogens is 1. The summed E-state index contributed by atoms with van der Waals surface area (Å²) in [6.07, 6.45) is 1.55. The lowest BCUT2D eigenvalue weighted by Crippen LogP contribution is -2.05. The van der Waals surface area contributed by atoms with Crippen LogP contribution in [-0.4, -0.2) is 17.2 Å². The van der Waals surface area contributed by atoms with Gasteiger partial charge in [0.2, 0.25) is 5.88 Å². The minimum absolute atomic E-state index is 0.477. The first-order chi connectivity index (χ1) is 10.3. The van der Waals surface area contributed by atoms with E-state index in [1.165, 1.54) is 10.8 Å². The van der Waals surface area contributed by atoms with Crippen LogP contribution in [0.1, 0.15) is 17.2 Å². The molecule has 1 heterocycles. The van der Waals surface area contributed by atoms with Crippen molar-refractivity contribution in [2.75, 3.05) is 7.11 Å². The zero-order valence-corrected chi connectivity index (χ0v) is 11.9. The van der Waals surface area contributed by atoms with Gasteiger partial charge in [0, 0.05) is 18.2 Å². The van der Waals surface area contributed by atoms with Crippen molar-refractivity contribution >= 4 is 10.8 Å². The number of aliphatic hydroxyl groups is 1. The Kier molecular flexibility index (Phi) is 3.84. The molecular weight excluding hydrogens is 262 g/mol. The van der Waals surface area contributed by atoms with Crippen molar-refractivity contribution in [3.8, 4) is 5.88 Å². The summed E-state index contributed by atoms with van der Waals surface area (Å²) in [6.45, 7) is 0. The van der Waals surface area contributed by atoms with Crippen molar-refractivity contribution < 1.29 is 9.84 Å². The molecule has 3 heteroatoms. The molecule has 1 unspecified atom stereocenters. The average Bonchev–Trinajstić information content (AvgIpc) is 2.55. The van der Waals surface area contributed by atoms with Crippen molar-refractivity contribution in [2.24, 2.45) is 0 Å². The molecule has 3 rings (SSSR count). The van der Waals surface area contributed by atoms with Crippen LogP contribution >= 0.6 is 0 Å². The number of fused-ring (bicyclic) bond motifs is 1. The molecule has 1 N–H and O–H groups in total. The number of methoxy groups -OCH3 is 1. The number of hydrogen-bond donors (Lipinski definition) is 1. The Morgan fingerprint density at radius 2 is 1.86 bits per heavy atom. The fourth-order valence-electron chi connectivity index (χ4n) is 2.62. The van der Waals surface area contributed by atoms with Gasteiger partial charge in [0.1, 0.15) is 0 Å². The summed E-state index contributed by atoms with van der Waals surface area (Å²) in [5, 5.41) is 12.9. The third-order valence-corrected chi connectivity index (χ3v) is 3.65. The maximum atomic E-state index is 10.5. The third kappa shape index (κ3) is 2.73. The van der Waals surface area contributed by atoms with Crippen molar-refractivity contribution in [3.05, 3.63) is 71.9 Å². The maximum absolute atomic E-state index is 10.5. The average molecular weight is 279 g/mol. The van der Waals surface area contributed by atoms with E-state index >= 15 is 0 Å². The van der Waals surface area contributed by atoms with E-state index in [0.29, 0.717) is 17.9 Å². The molecule has 0 aliphatic carbocycles. The van der Waals surface area contributed by atoms with Crippen molar-refractivity contribution in [2.45, 2.75) is 12.5 Å². The molecule has 0 saturated carbocycles. The standard InChI is InChI=1S/C18H17NO2/c1-21-18-16(10-5-11-19-18)17(20)12-14-8-4-7-13-6-2-3-9-15(13)14/h2-11,17,20H,12H2,1H3. The van der Waals surface area contributed by atoms with Gasteiger partial charge in [-0.05, 0) is 28.5 Å². The topological polar surface area (TPSA) is 42.4 Å². The van der Waals surface area contributed by atoms with Gasteiger partial charge in [-0.1, -0.05) is 42.5 Å². The largest absolute Gasteiger partial charge is 0.481 e. The SMILES string of the molecule is COc1ncccc1C(O)Cc1cccc2ccccc12. The minimum Gasteiger partial charge on any atom is -0.481 e. The molecule has 0 bridgehead atoms. The summed E-state index contributed by atoms with van der Waals surface area (Å²) in [7, 11) is 1.57. The highest BCUT2D eigenvalue weighted by Crippen LogP contribution is 2.28. The smallest absolute Gasteiger partial charge is 0.218 e. The van der Waals surface area contributed by atoms with E-state index in [9.17, 15) is 5.11 Å². The molecule has 1 aromatic heterocycles. The highest BCUT2D eigenvalue weighted by Gasteiger charge is 2.15. The van der Waals surface area contributed by atoms with E-state index in [-0.39, 0.29) is 0 Å². The maximum Gasteiger partial charge on any atom is 0.218 e. The molecule has 0 aliphatic heterocycles. The van der Waals surface area contributed by atoms with Gasteiger partial charge in [-0.2, -0.15) is 0 Å². The number of benzene rings is 2. The summed E-state index contributed by atoms with van der Waals surface area (Å²) in [6, 6.07) is 18.0. The lowest BCUT2D eigenvalue weighted by atomic mass is 9.97. The molecule has 0 fully saturated rings. The minimum atomic E-state index is -0.639. The van der Waals surface area contributed by atoms with E-state index in [0.717, 1.165) is 5.56 Å². The molecule has 3 nitrogen and oxygen atoms in total. The number of ether oxygens (including phenoxy) is 1. The molecule has 0 radical (unpaired) electrons. The summed E-state index contributed by atoms with van der Waals surface area (Å²) in [5.41, 5.74) is 1.83. The summed E-state index contributed by atoms with van der Waals surface area (Å²) in [5.74, 6) is 0.477. The van der Waals surface area contributed by atoms with Crippen LogP contribution in [0.2, 0.25) is 0 Å². The first-order valence-electron chi connectivity index (χ1n) is 6.93. The second-order valence-corrected chi connectivity index (χ2v) is 4.96. The molecule has 0 spiro atoms. The normalized spacial score (nSPS) is 12.3. The molecular formula is C18H17NO2. The van der Waals surface area contributed by atoms with Crippen LogP contribution in [0.4, 0.5) is 0 Å². The Hall–Kier alpha value is -2.39. The van der Waals surface area contributed by atoms with Crippen LogP contribution in [0.15, 0.2) is 60.8 Å².